The minimum absolute atomic E-state index is 0.0554. The maximum atomic E-state index is 12.2. The van der Waals surface area contributed by atoms with Gasteiger partial charge in [-0.1, -0.05) is 29.3 Å². The maximum absolute atomic E-state index is 12.2. The lowest BCUT2D eigenvalue weighted by atomic mass is 10.1. The van der Waals surface area contributed by atoms with Gasteiger partial charge in [0.25, 0.3) is 0 Å². The molecule has 0 radical (unpaired) electrons. The monoisotopic (exact) mass is 320 g/mol. The van der Waals surface area contributed by atoms with Gasteiger partial charge < -0.3 is 9.52 Å². The Bertz CT molecular complexity index is 913. The molecule has 0 aliphatic heterocycles. The average Bonchev–Trinajstić information content (AvgIpc) is 2.44. The molecule has 0 unspecified atom stereocenters. The molecule has 0 aliphatic carbocycles. The first kappa shape index (κ1) is 14.0. The SMILES string of the molecule is Cc1cc(-c2cc(=O)c3cccc(Cl)c3o2)c(O)cc1Cl. The average molecular weight is 321 g/mol. The summed E-state index contributed by atoms with van der Waals surface area (Å²) < 4.78 is 5.70. The van der Waals surface area contributed by atoms with Gasteiger partial charge in [0.1, 0.15) is 11.5 Å². The van der Waals surface area contributed by atoms with Crippen LogP contribution >= 0.6 is 23.2 Å². The first-order valence-corrected chi connectivity index (χ1v) is 6.95. The Labute approximate surface area is 130 Å². The van der Waals surface area contributed by atoms with Crippen molar-refractivity contribution in [2.24, 2.45) is 0 Å². The molecule has 0 amide bonds. The van der Waals surface area contributed by atoms with Crippen LogP contribution in [0.2, 0.25) is 10.0 Å². The minimum atomic E-state index is -0.222. The van der Waals surface area contributed by atoms with Crippen molar-refractivity contribution in [1.82, 2.24) is 0 Å². The first-order chi connectivity index (χ1) is 9.97. The molecular formula is C16H10Cl2O3. The number of halogens is 2. The molecule has 3 aromatic rings. The van der Waals surface area contributed by atoms with Crippen LogP contribution in [-0.2, 0) is 0 Å². The molecule has 21 heavy (non-hydrogen) atoms. The van der Waals surface area contributed by atoms with Gasteiger partial charge in [0, 0.05) is 11.1 Å². The molecule has 0 saturated carbocycles. The Morgan fingerprint density at radius 1 is 1.10 bits per heavy atom. The van der Waals surface area contributed by atoms with E-state index >= 15 is 0 Å². The predicted octanol–water partition coefficient (Wildman–Crippen LogP) is 4.78. The summed E-state index contributed by atoms with van der Waals surface area (Å²) in [5.74, 6) is 0.193. The van der Waals surface area contributed by atoms with E-state index in [1.807, 2.05) is 0 Å². The Morgan fingerprint density at radius 2 is 1.86 bits per heavy atom. The van der Waals surface area contributed by atoms with E-state index in [0.717, 1.165) is 5.56 Å². The fourth-order valence-corrected chi connectivity index (χ4v) is 2.51. The highest BCUT2D eigenvalue weighted by molar-refractivity contribution is 6.34. The van der Waals surface area contributed by atoms with Gasteiger partial charge in [-0.15, -0.1) is 0 Å². The van der Waals surface area contributed by atoms with E-state index in [9.17, 15) is 9.90 Å². The lowest BCUT2D eigenvalue weighted by Gasteiger charge is -2.08. The highest BCUT2D eigenvalue weighted by Gasteiger charge is 2.13. The Morgan fingerprint density at radius 3 is 2.62 bits per heavy atom. The number of aromatic hydroxyl groups is 1. The van der Waals surface area contributed by atoms with Crippen molar-refractivity contribution in [2.45, 2.75) is 6.92 Å². The normalized spacial score (nSPS) is 11.0. The predicted molar refractivity (Wildman–Crippen MR) is 84.3 cm³/mol. The molecule has 3 rings (SSSR count). The van der Waals surface area contributed by atoms with Crippen LogP contribution in [0.1, 0.15) is 5.56 Å². The molecule has 1 aromatic heterocycles. The Hall–Kier alpha value is -1.97. The summed E-state index contributed by atoms with van der Waals surface area (Å²) in [7, 11) is 0. The third kappa shape index (κ3) is 2.39. The zero-order valence-corrected chi connectivity index (χ0v) is 12.5. The van der Waals surface area contributed by atoms with Crippen molar-refractivity contribution in [2.75, 3.05) is 0 Å². The summed E-state index contributed by atoms with van der Waals surface area (Å²) in [6.45, 7) is 1.80. The molecule has 1 N–H and O–H groups in total. The molecular weight excluding hydrogens is 311 g/mol. The summed E-state index contributed by atoms with van der Waals surface area (Å²) in [5.41, 5.74) is 1.25. The number of benzene rings is 2. The molecule has 2 aromatic carbocycles. The molecule has 0 aliphatic rings. The molecule has 1 heterocycles. The molecule has 0 fully saturated rings. The second-order valence-corrected chi connectivity index (χ2v) is 5.52. The molecule has 0 spiro atoms. The van der Waals surface area contributed by atoms with E-state index in [1.165, 1.54) is 12.1 Å². The van der Waals surface area contributed by atoms with E-state index in [1.54, 1.807) is 31.2 Å². The van der Waals surface area contributed by atoms with Crippen LogP contribution < -0.4 is 5.43 Å². The van der Waals surface area contributed by atoms with E-state index in [4.69, 9.17) is 27.6 Å². The fraction of sp³-hybridized carbons (Fsp3) is 0.0625. The van der Waals surface area contributed by atoms with Gasteiger partial charge in [-0.05, 0) is 36.8 Å². The summed E-state index contributed by atoms with van der Waals surface area (Å²) in [4.78, 5) is 12.2. The summed E-state index contributed by atoms with van der Waals surface area (Å²) in [6.07, 6.45) is 0. The molecule has 3 nitrogen and oxygen atoms in total. The van der Waals surface area contributed by atoms with E-state index in [0.29, 0.717) is 26.6 Å². The molecule has 0 atom stereocenters. The summed E-state index contributed by atoms with van der Waals surface area (Å²) in [5, 5.41) is 11.2. The minimum Gasteiger partial charge on any atom is -0.507 e. The number of hydrogen-bond acceptors (Lipinski definition) is 3. The Balaban J connectivity index is 2.34. The van der Waals surface area contributed by atoms with Gasteiger partial charge in [0.05, 0.1) is 16.0 Å². The number of phenols is 1. The number of aryl methyl sites for hydroxylation is 1. The number of rotatable bonds is 1. The first-order valence-electron chi connectivity index (χ1n) is 6.19. The van der Waals surface area contributed by atoms with Crippen LogP contribution in [0.5, 0.6) is 5.75 Å². The lowest BCUT2D eigenvalue weighted by Crippen LogP contribution is -2.00. The van der Waals surface area contributed by atoms with Crippen molar-refractivity contribution >= 4 is 34.2 Å². The quantitative estimate of drug-likeness (QED) is 0.701. The van der Waals surface area contributed by atoms with E-state index in [-0.39, 0.29) is 16.9 Å². The lowest BCUT2D eigenvalue weighted by molar-refractivity contribution is 0.474. The van der Waals surface area contributed by atoms with E-state index in [2.05, 4.69) is 0 Å². The zero-order chi connectivity index (χ0) is 15.1. The van der Waals surface area contributed by atoms with Crippen LogP contribution in [0.25, 0.3) is 22.3 Å². The van der Waals surface area contributed by atoms with Gasteiger partial charge in [-0.25, -0.2) is 0 Å². The van der Waals surface area contributed by atoms with Gasteiger partial charge in [0.15, 0.2) is 11.0 Å². The maximum Gasteiger partial charge on any atom is 0.193 e. The third-order valence-corrected chi connectivity index (χ3v) is 3.95. The van der Waals surface area contributed by atoms with Crippen molar-refractivity contribution in [3.05, 3.63) is 62.2 Å². The van der Waals surface area contributed by atoms with Crippen LogP contribution in [0.15, 0.2) is 45.6 Å². The number of hydrogen-bond donors (Lipinski definition) is 1. The second kappa shape index (κ2) is 5.10. The number of para-hydroxylation sites is 1. The van der Waals surface area contributed by atoms with E-state index < -0.39 is 0 Å². The van der Waals surface area contributed by atoms with Crippen LogP contribution in [0.4, 0.5) is 0 Å². The highest BCUT2D eigenvalue weighted by Crippen LogP contribution is 2.35. The van der Waals surface area contributed by atoms with Crippen molar-refractivity contribution in [3.8, 4) is 17.1 Å². The standard InChI is InChI=1S/C16H10Cl2O3/c1-8-5-10(13(19)6-12(8)18)15-7-14(20)9-3-2-4-11(17)16(9)21-15/h2-7,19H,1H3. The molecule has 106 valence electrons. The summed E-state index contributed by atoms with van der Waals surface area (Å²) in [6, 6.07) is 9.39. The van der Waals surface area contributed by atoms with Crippen LogP contribution in [0, 0.1) is 6.92 Å². The number of fused-ring (bicyclic) bond motifs is 1. The molecule has 0 saturated heterocycles. The number of phenolic OH excluding ortho intramolecular Hbond substituents is 1. The van der Waals surface area contributed by atoms with Gasteiger partial charge in [-0.2, -0.15) is 0 Å². The van der Waals surface area contributed by atoms with Crippen molar-refractivity contribution < 1.29 is 9.52 Å². The second-order valence-electron chi connectivity index (χ2n) is 4.71. The molecule has 5 heteroatoms. The van der Waals surface area contributed by atoms with Crippen LogP contribution in [0.3, 0.4) is 0 Å². The molecule has 0 bridgehead atoms. The third-order valence-electron chi connectivity index (χ3n) is 3.25. The summed E-state index contributed by atoms with van der Waals surface area (Å²) >= 11 is 12.0. The van der Waals surface area contributed by atoms with Crippen LogP contribution in [-0.4, -0.2) is 5.11 Å². The smallest absolute Gasteiger partial charge is 0.193 e. The van der Waals surface area contributed by atoms with Crippen molar-refractivity contribution in [3.63, 3.8) is 0 Å². The van der Waals surface area contributed by atoms with Gasteiger partial charge >= 0.3 is 0 Å². The van der Waals surface area contributed by atoms with Crippen molar-refractivity contribution in [1.29, 1.82) is 0 Å². The largest absolute Gasteiger partial charge is 0.507 e. The topological polar surface area (TPSA) is 50.4 Å². The Kier molecular flexibility index (Phi) is 3.40. The fourth-order valence-electron chi connectivity index (χ4n) is 2.14. The van der Waals surface area contributed by atoms with Gasteiger partial charge in [0.2, 0.25) is 0 Å². The highest BCUT2D eigenvalue weighted by atomic mass is 35.5. The van der Waals surface area contributed by atoms with Gasteiger partial charge in [-0.3, -0.25) is 4.79 Å². The zero-order valence-electron chi connectivity index (χ0n) is 11.0.